The van der Waals surface area contributed by atoms with Crippen LogP contribution < -0.4 is 14.5 Å². The number of hydrogen-bond acceptors (Lipinski definition) is 6. The molecule has 2 aromatic rings. The molecule has 192 valence electrons. The van der Waals surface area contributed by atoms with E-state index in [1.807, 2.05) is 46.8 Å². The quantitative estimate of drug-likeness (QED) is 0.612. The number of sulfonamides is 1. The SMILES string of the molecule is Cc1cccc(S(=O)(=O)N2C[C@H](C3CC(C(=O)O)C3)Oc3ccc(B4OC(C)(C)C(C)(C)O4)cc32)c1. The molecule has 10 heteroatoms. The van der Waals surface area contributed by atoms with Crippen molar-refractivity contribution in [2.45, 2.75) is 69.7 Å². The molecule has 5 rings (SSSR count). The Morgan fingerprint density at radius 2 is 1.72 bits per heavy atom. The molecule has 8 nitrogen and oxygen atoms in total. The van der Waals surface area contributed by atoms with Gasteiger partial charge in [-0.2, -0.15) is 0 Å². The van der Waals surface area contributed by atoms with Gasteiger partial charge in [0.2, 0.25) is 0 Å². The molecule has 0 amide bonds. The Morgan fingerprint density at radius 3 is 2.33 bits per heavy atom. The minimum Gasteiger partial charge on any atom is -0.486 e. The highest BCUT2D eigenvalue weighted by atomic mass is 32.2. The summed E-state index contributed by atoms with van der Waals surface area (Å²) in [6.07, 6.45) is 0.509. The van der Waals surface area contributed by atoms with Crippen LogP contribution in [0.1, 0.15) is 46.1 Å². The van der Waals surface area contributed by atoms with Crippen LogP contribution in [0, 0.1) is 18.8 Å². The van der Waals surface area contributed by atoms with E-state index in [0.29, 0.717) is 29.7 Å². The van der Waals surface area contributed by atoms with Crippen LogP contribution in [0.2, 0.25) is 0 Å². The van der Waals surface area contributed by atoms with Crippen LogP contribution >= 0.6 is 0 Å². The van der Waals surface area contributed by atoms with Crippen LogP contribution in [0.25, 0.3) is 0 Å². The summed E-state index contributed by atoms with van der Waals surface area (Å²) < 4.78 is 47.9. The molecule has 0 spiro atoms. The minimum atomic E-state index is -3.91. The Bertz CT molecular complexity index is 1290. The lowest BCUT2D eigenvalue weighted by molar-refractivity contribution is -0.147. The van der Waals surface area contributed by atoms with Crippen LogP contribution in [0.15, 0.2) is 47.4 Å². The van der Waals surface area contributed by atoms with E-state index in [1.54, 1.807) is 30.3 Å². The van der Waals surface area contributed by atoms with Crippen LogP contribution in [0.5, 0.6) is 5.75 Å². The maximum Gasteiger partial charge on any atom is 0.494 e. The maximum atomic E-state index is 13.9. The number of carbonyl (C=O) groups is 1. The summed E-state index contributed by atoms with van der Waals surface area (Å²) in [7, 11) is -4.56. The Hall–Kier alpha value is -2.56. The van der Waals surface area contributed by atoms with Crippen LogP contribution in [0.4, 0.5) is 5.69 Å². The second-order valence-electron chi connectivity index (χ2n) is 11.1. The highest BCUT2D eigenvalue weighted by Crippen LogP contribution is 2.44. The van der Waals surface area contributed by atoms with E-state index in [0.717, 1.165) is 5.56 Å². The summed E-state index contributed by atoms with van der Waals surface area (Å²) in [5, 5.41) is 9.30. The molecule has 2 aliphatic heterocycles. The van der Waals surface area contributed by atoms with Crippen LogP contribution in [-0.2, 0) is 24.1 Å². The van der Waals surface area contributed by atoms with Gasteiger partial charge in [0.15, 0.2) is 0 Å². The van der Waals surface area contributed by atoms with Gasteiger partial charge in [0.1, 0.15) is 11.9 Å². The fourth-order valence-electron chi connectivity index (χ4n) is 4.96. The van der Waals surface area contributed by atoms with E-state index in [4.69, 9.17) is 14.0 Å². The van der Waals surface area contributed by atoms with E-state index in [9.17, 15) is 18.3 Å². The number of fused-ring (bicyclic) bond motifs is 1. The van der Waals surface area contributed by atoms with Crippen molar-refractivity contribution < 1.29 is 32.4 Å². The van der Waals surface area contributed by atoms with E-state index in [1.165, 1.54) is 4.31 Å². The molecule has 2 heterocycles. The lowest BCUT2D eigenvalue weighted by atomic mass is 9.71. The van der Waals surface area contributed by atoms with Crippen molar-refractivity contribution in [2.24, 2.45) is 11.8 Å². The van der Waals surface area contributed by atoms with Crippen LogP contribution in [-0.4, -0.2) is 50.5 Å². The van der Waals surface area contributed by atoms with E-state index in [-0.39, 0.29) is 17.4 Å². The molecule has 0 bridgehead atoms. The third-order valence-corrected chi connectivity index (χ3v) is 9.80. The molecule has 1 atom stereocenters. The van der Waals surface area contributed by atoms with Gasteiger partial charge in [-0.15, -0.1) is 0 Å². The van der Waals surface area contributed by atoms with Gasteiger partial charge >= 0.3 is 13.1 Å². The zero-order valence-electron chi connectivity index (χ0n) is 21.2. The second-order valence-corrected chi connectivity index (χ2v) is 13.0. The molecule has 0 radical (unpaired) electrons. The number of carboxylic acid groups (broad SMARTS) is 1. The van der Waals surface area contributed by atoms with Crippen molar-refractivity contribution in [1.29, 1.82) is 0 Å². The predicted octanol–water partition coefficient (Wildman–Crippen LogP) is 3.36. The highest BCUT2D eigenvalue weighted by Gasteiger charge is 2.52. The number of aliphatic carboxylic acids is 1. The standard InChI is InChI=1S/C26H32BNO7S/c1-16-7-6-8-20(11-16)36(31,32)28-15-23(17-12-18(13-17)24(29)30)33-22-10-9-19(14-21(22)28)27-34-25(2,3)26(4,5)35-27/h6-11,14,17-18,23H,12-13,15H2,1-5H3,(H,29,30)/t17?,18?,23-/m1/s1. The van der Waals surface area contributed by atoms with Gasteiger partial charge in [-0.3, -0.25) is 9.10 Å². The van der Waals surface area contributed by atoms with E-state index >= 15 is 0 Å². The summed E-state index contributed by atoms with van der Waals surface area (Å²) in [5.74, 6) is -0.815. The Morgan fingerprint density at radius 1 is 1.06 bits per heavy atom. The number of carboxylic acids is 1. The predicted molar refractivity (Wildman–Crippen MR) is 136 cm³/mol. The largest absolute Gasteiger partial charge is 0.494 e. The van der Waals surface area contributed by atoms with Gasteiger partial charge < -0.3 is 19.2 Å². The number of nitrogens with zero attached hydrogens (tertiary/aromatic N) is 1. The first-order chi connectivity index (χ1) is 16.8. The Kier molecular flexibility index (Phi) is 5.93. The van der Waals surface area contributed by atoms with Gasteiger partial charge in [-0.25, -0.2) is 8.42 Å². The van der Waals surface area contributed by atoms with Gasteiger partial charge in [-0.1, -0.05) is 18.2 Å². The van der Waals surface area contributed by atoms with Gasteiger partial charge in [-0.05, 0) is 88.7 Å². The minimum absolute atomic E-state index is 0.0303. The zero-order chi connectivity index (χ0) is 26.0. The molecule has 2 fully saturated rings. The monoisotopic (exact) mass is 513 g/mol. The fraction of sp³-hybridized carbons (Fsp3) is 0.500. The first kappa shape index (κ1) is 25.1. The average molecular weight is 513 g/mol. The van der Waals surface area contributed by atoms with Crippen LogP contribution in [0.3, 0.4) is 0 Å². The van der Waals surface area contributed by atoms with Crippen molar-refractivity contribution in [1.82, 2.24) is 0 Å². The summed E-state index contributed by atoms with van der Waals surface area (Å²) in [4.78, 5) is 11.5. The summed E-state index contributed by atoms with van der Waals surface area (Å²) in [5.41, 5.74) is 0.902. The zero-order valence-corrected chi connectivity index (χ0v) is 22.0. The topological polar surface area (TPSA) is 102 Å². The highest BCUT2D eigenvalue weighted by molar-refractivity contribution is 7.92. The number of ether oxygens (including phenoxy) is 1. The first-order valence-corrected chi connectivity index (χ1v) is 13.7. The molecule has 1 aliphatic carbocycles. The Balaban J connectivity index is 1.53. The normalized spacial score (nSPS) is 26.6. The summed E-state index contributed by atoms with van der Waals surface area (Å²) >= 11 is 0. The molecule has 0 unspecified atom stereocenters. The van der Waals surface area contributed by atoms with Crippen molar-refractivity contribution in [3.05, 3.63) is 48.0 Å². The average Bonchev–Trinajstić information content (AvgIpc) is 2.98. The maximum absolute atomic E-state index is 13.9. The number of hydrogen-bond donors (Lipinski definition) is 1. The number of anilines is 1. The van der Waals surface area contributed by atoms with Crippen molar-refractivity contribution in [2.75, 3.05) is 10.8 Å². The number of benzene rings is 2. The van der Waals surface area contributed by atoms with Crippen molar-refractivity contribution in [3.8, 4) is 5.75 Å². The lowest BCUT2D eigenvalue weighted by Gasteiger charge is -2.43. The van der Waals surface area contributed by atoms with Gasteiger partial charge in [0.25, 0.3) is 10.0 Å². The lowest BCUT2D eigenvalue weighted by Crippen LogP contribution is -2.51. The molecule has 36 heavy (non-hydrogen) atoms. The molecular weight excluding hydrogens is 481 g/mol. The fourth-order valence-corrected chi connectivity index (χ4v) is 6.54. The van der Waals surface area contributed by atoms with Gasteiger partial charge in [0, 0.05) is 0 Å². The summed E-state index contributed by atoms with van der Waals surface area (Å²) in [6, 6.07) is 12.2. The Labute approximate surface area is 212 Å². The second kappa shape index (κ2) is 8.50. The number of rotatable bonds is 5. The summed E-state index contributed by atoms with van der Waals surface area (Å²) in [6.45, 7) is 9.83. The third kappa shape index (κ3) is 4.19. The molecule has 3 aliphatic rings. The molecule has 1 saturated heterocycles. The molecule has 2 aromatic carbocycles. The first-order valence-electron chi connectivity index (χ1n) is 12.3. The van der Waals surface area contributed by atoms with Crippen molar-refractivity contribution in [3.63, 3.8) is 0 Å². The van der Waals surface area contributed by atoms with E-state index < -0.39 is 46.3 Å². The molecule has 1 saturated carbocycles. The molecule has 0 aromatic heterocycles. The van der Waals surface area contributed by atoms with Gasteiger partial charge in [0.05, 0.1) is 34.2 Å². The van der Waals surface area contributed by atoms with Crippen molar-refractivity contribution >= 4 is 34.3 Å². The smallest absolute Gasteiger partial charge is 0.486 e. The molecule has 1 N–H and O–H groups in total. The molecular formula is C26H32BNO7S. The third-order valence-electron chi connectivity index (χ3n) is 8.03. The van der Waals surface area contributed by atoms with E-state index in [2.05, 4.69) is 0 Å². The number of aryl methyl sites for hydroxylation is 1.